The highest BCUT2D eigenvalue weighted by Gasteiger charge is 2.06. The van der Waals surface area contributed by atoms with Crippen molar-refractivity contribution in [2.24, 2.45) is 0 Å². The molecule has 0 radical (unpaired) electrons. The van der Waals surface area contributed by atoms with Crippen molar-refractivity contribution >= 4 is 0 Å². The molecule has 1 N–H and O–H groups in total. The summed E-state index contributed by atoms with van der Waals surface area (Å²) in [6.07, 6.45) is 0.987. The van der Waals surface area contributed by atoms with Crippen molar-refractivity contribution in [2.45, 2.75) is 33.1 Å². The molecule has 4 nitrogen and oxygen atoms in total. The molecule has 0 atom stereocenters. The van der Waals surface area contributed by atoms with Gasteiger partial charge in [-0.1, -0.05) is 32.9 Å². The van der Waals surface area contributed by atoms with Crippen molar-refractivity contribution in [1.29, 1.82) is 0 Å². The van der Waals surface area contributed by atoms with E-state index in [1.165, 1.54) is 11.6 Å². The zero-order valence-corrected chi connectivity index (χ0v) is 11.4. The van der Waals surface area contributed by atoms with E-state index in [-0.39, 0.29) is 11.5 Å². The highest BCUT2D eigenvalue weighted by atomic mass is 16.5. The predicted molar refractivity (Wildman–Crippen MR) is 74.8 cm³/mol. The summed E-state index contributed by atoms with van der Waals surface area (Å²) in [4.78, 5) is 18.5. The van der Waals surface area contributed by atoms with Gasteiger partial charge in [-0.05, 0) is 24.1 Å². The summed E-state index contributed by atoms with van der Waals surface area (Å²) in [5, 5.41) is 0. The van der Waals surface area contributed by atoms with Crippen molar-refractivity contribution < 1.29 is 4.74 Å². The van der Waals surface area contributed by atoms with Crippen LogP contribution in [0.15, 0.2) is 35.1 Å². The average Bonchev–Trinajstić information content (AvgIpc) is 2.39. The van der Waals surface area contributed by atoms with E-state index < -0.39 is 0 Å². The summed E-state index contributed by atoms with van der Waals surface area (Å²) in [6.45, 7) is 6.04. The maximum absolute atomic E-state index is 11.5. The molecule has 0 unspecified atom stereocenters. The lowest BCUT2D eigenvalue weighted by Crippen LogP contribution is -2.11. The second-order valence-corrected chi connectivity index (χ2v) is 4.72. The van der Waals surface area contributed by atoms with Gasteiger partial charge in [0.15, 0.2) is 0 Å². The topological polar surface area (TPSA) is 55.0 Å². The zero-order valence-electron chi connectivity index (χ0n) is 11.4. The monoisotopic (exact) mass is 258 g/mol. The Morgan fingerprint density at radius 3 is 2.53 bits per heavy atom. The molecule has 19 heavy (non-hydrogen) atoms. The van der Waals surface area contributed by atoms with Crippen LogP contribution in [0.2, 0.25) is 0 Å². The molecule has 1 aromatic carbocycles. The lowest BCUT2D eigenvalue weighted by Gasteiger charge is -2.08. The van der Waals surface area contributed by atoms with Crippen LogP contribution in [0, 0.1) is 0 Å². The fourth-order valence-corrected chi connectivity index (χ4v) is 1.69. The van der Waals surface area contributed by atoms with Gasteiger partial charge in [0, 0.05) is 5.92 Å². The third-order valence-corrected chi connectivity index (χ3v) is 2.84. The SMILES string of the molecule is CCc1ccc(Oc2cc(=O)[nH]c(C(C)C)n2)cc1. The fraction of sp³-hybridized carbons (Fsp3) is 0.333. The van der Waals surface area contributed by atoms with Gasteiger partial charge in [0.05, 0.1) is 6.07 Å². The maximum Gasteiger partial charge on any atom is 0.254 e. The van der Waals surface area contributed by atoms with E-state index in [2.05, 4.69) is 16.9 Å². The number of hydrogen-bond acceptors (Lipinski definition) is 3. The van der Waals surface area contributed by atoms with Crippen molar-refractivity contribution in [3.8, 4) is 11.6 Å². The summed E-state index contributed by atoms with van der Waals surface area (Å²) >= 11 is 0. The van der Waals surface area contributed by atoms with Crippen LogP contribution in [0.1, 0.15) is 38.1 Å². The Morgan fingerprint density at radius 1 is 1.26 bits per heavy atom. The Labute approximate surface area is 112 Å². The third-order valence-electron chi connectivity index (χ3n) is 2.84. The number of benzene rings is 1. The van der Waals surface area contributed by atoms with Crippen molar-refractivity contribution in [3.63, 3.8) is 0 Å². The molecule has 1 heterocycles. The molecule has 0 fully saturated rings. The second kappa shape index (κ2) is 5.69. The Bertz CT molecular complexity index is 600. The molecule has 0 aliphatic carbocycles. The average molecular weight is 258 g/mol. The van der Waals surface area contributed by atoms with Gasteiger partial charge in [-0.15, -0.1) is 0 Å². The molecule has 0 amide bonds. The third kappa shape index (κ3) is 3.44. The van der Waals surface area contributed by atoms with Crippen LogP contribution in [-0.4, -0.2) is 9.97 Å². The summed E-state index contributed by atoms with van der Waals surface area (Å²) < 4.78 is 5.62. The van der Waals surface area contributed by atoms with Crippen LogP contribution >= 0.6 is 0 Å². The summed E-state index contributed by atoms with van der Waals surface area (Å²) in [7, 11) is 0. The first kappa shape index (κ1) is 13.3. The molecular formula is C15H18N2O2. The fourth-order valence-electron chi connectivity index (χ4n) is 1.69. The number of aromatic nitrogens is 2. The lowest BCUT2D eigenvalue weighted by atomic mass is 10.2. The van der Waals surface area contributed by atoms with Gasteiger partial charge in [-0.25, -0.2) is 0 Å². The highest BCUT2D eigenvalue weighted by molar-refractivity contribution is 5.30. The van der Waals surface area contributed by atoms with Crippen molar-refractivity contribution in [3.05, 3.63) is 52.1 Å². The van der Waals surface area contributed by atoms with Gasteiger partial charge in [0.25, 0.3) is 5.56 Å². The number of ether oxygens (including phenoxy) is 1. The van der Waals surface area contributed by atoms with Crippen LogP contribution in [0.25, 0.3) is 0 Å². The molecule has 0 bridgehead atoms. The van der Waals surface area contributed by atoms with Gasteiger partial charge >= 0.3 is 0 Å². The molecule has 100 valence electrons. The van der Waals surface area contributed by atoms with E-state index in [0.29, 0.717) is 17.5 Å². The molecule has 0 saturated heterocycles. The molecule has 2 aromatic rings. The minimum atomic E-state index is -0.195. The zero-order chi connectivity index (χ0) is 13.8. The van der Waals surface area contributed by atoms with Gasteiger partial charge in [-0.2, -0.15) is 4.98 Å². The molecular weight excluding hydrogens is 240 g/mol. The number of aromatic amines is 1. The Kier molecular flexibility index (Phi) is 4.00. The Hall–Kier alpha value is -2.10. The Morgan fingerprint density at radius 2 is 1.95 bits per heavy atom. The van der Waals surface area contributed by atoms with Crippen molar-refractivity contribution in [2.75, 3.05) is 0 Å². The first-order chi connectivity index (χ1) is 9.08. The first-order valence-electron chi connectivity index (χ1n) is 6.46. The van der Waals surface area contributed by atoms with Crippen LogP contribution in [-0.2, 0) is 6.42 Å². The number of H-pyrrole nitrogens is 1. The van der Waals surface area contributed by atoms with E-state index in [0.717, 1.165) is 6.42 Å². The van der Waals surface area contributed by atoms with E-state index in [1.54, 1.807) is 0 Å². The van der Waals surface area contributed by atoms with Crippen LogP contribution in [0.3, 0.4) is 0 Å². The van der Waals surface area contributed by atoms with Crippen LogP contribution < -0.4 is 10.3 Å². The minimum absolute atomic E-state index is 0.152. The standard InChI is InChI=1S/C15H18N2O2/c1-4-11-5-7-12(8-6-11)19-14-9-13(18)16-15(17-14)10(2)3/h5-10H,4H2,1-3H3,(H,16,17,18). The smallest absolute Gasteiger partial charge is 0.254 e. The van der Waals surface area contributed by atoms with Gasteiger partial charge in [-0.3, -0.25) is 4.79 Å². The van der Waals surface area contributed by atoms with Gasteiger partial charge in [0.1, 0.15) is 11.6 Å². The molecule has 2 rings (SSSR count). The number of hydrogen-bond donors (Lipinski definition) is 1. The first-order valence-corrected chi connectivity index (χ1v) is 6.46. The predicted octanol–water partition coefficient (Wildman–Crippen LogP) is 3.25. The number of nitrogens with zero attached hydrogens (tertiary/aromatic N) is 1. The number of nitrogens with one attached hydrogen (secondary N) is 1. The van der Waals surface area contributed by atoms with Crippen LogP contribution in [0.4, 0.5) is 0 Å². The molecule has 0 aliphatic rings. The largest absolute Gasteiger partial charge is 0.439 e. The Balaban J connectivity index is 2.24. The van der Waals surface area contributed by atoms with Gasteiger partial charge in [0.2, 0.25) is 5.88 Å². The van der Waals surface area contributed by atoms with Crippen molar-refractivity contribution in [1.82, 2.24) is 9.97 Å². The molecule has 4 heteroatoms. The number of aryl methyl sites for hydroxylation is 1. The number of rotatable bonds is 4. The molecule has 0 saturated carbocycles. The lowest BCUT2D eigenvalue weighted by molar-refractivity contribution is 0.455. The molecule has 0 aliphatic heterocycles. The molecule has 0 spiro atoms. The summed E-state index contributed by atoms with van der Waals surface area (Å²) in [5.74, 6) is 1.80. The van der Waals surface area contributed by atoms with E-state index in [9.17, 15) is 4.79 Å². The highest BCUT2D eigenvalue weighted by Crippen LogP contribution is 2.20. The van der Waals surface area contributed by atoms with Crippen LogP contribution in [0.5, 0.6) is 11.6 Å². The minimum Gasteiger partial charge on any atom is -0.439 e. The summed E-state index contributed by atoms with van der Waals surface area (Å²) in [6, 6.07) is 9.14. The maximum atomic E-state index is 11.5. The second-order valence-electron chi connectivity index (χ2n) is 4.72. The van der Waals surface area contributed by atoms with Gasteiger partial charge < -0.3 is 9.72 Å². The quantitative estimate of drug-likeness (QED) is 0.915. The summed E-state index contributed by atoms with van der Waals surface area (Å²) in [5.41, 5.74) is 1.05. The molecule has 1 aromatic heterocycles. The normalized spacial score (nSPS) is 10.7. The van der Waals surface area contributed by atoms with E-state index in [1.807, 2.05) is 38.1 Å². The van der Waals surface area contributed by atoms with E-state index >= 15 is 0 Å². The van der Waals surface area contributed by atoms with E-state index in [4.69, 9.17) is 4.74 Å².